The van der Waals surface area contributed by atoms with E-state index in [2.05, 4.69) is 27.7 Å². The van der Waals surface area contributed by atoms with Crippen LogP contribution < -0.4 is 10.6 Å². The summed E-state index contributed by atoms with van der Waals surface area (Å²) in [7, 11) is 0. The minimum absolute atomic E-state index is 0.000612. The van der Waals surface area contributed by atoms with Gasteiger partial charge >= 0.3 is 0 Å². The molecule has 24 heavy (non-hydrogen) atoms. The molecule has 0 aliphatic carbocycles. The average Bonchev–Trinajstić information content (AvgIpc) is 2.99. The van der Waals surface area contributed by atoms with Gasteiger partial charge in [0.2, 0.25) is 5.91 Å². The molecule has 0 saturated carbocycles. The largest absolute Gasteiger partial charge is 0.391 e. The van der Waals surface area contributed by atoms with Crippen molar-refractivity contribution >= 4 is 5.91 Å². The van der Waals surface area contributed by atoms with Crippen LogP contribution in [0.4, 0.5) is 0 Å². The molecule has 2 saturated heterocycles. The van der Waals surface area contributed by atoms with Crippen LogP contribution in [0.5, 0.6) is 0 Å². The summed E-state index contributed by atoms with van der Waals surface area (Å²) in [5.74, 6) is 0.108. The van der Waals surface area contributed by atoms with Crippen LogP contribution in [-0.2, 0) is 16.1 Å². The molecule has 3 unspecified atom stereocenters. The number of aliphatic hydroxyl groups is 1. The summed E-state index contributed by atoms with van der Waals surface area (Å²) < 4.78 is 5.75. The zero-order valence-corrected chi connectivity index (χ0v) is 14.0. The van der Waals surface area contributed by atoms with Crippen LogP contribution in [0.2, 0.25) is 0 Å². The molecule has 0 radical (unpaired) electrons. The number of β-amino-alcohol motifs (C(OH)–C–C–N with tert-alkyl or cyclic N) is 1. The third kappa shape index (κ3) is 5.01. The number of benzene rings is 1. The van der Waals surface area contributed by atoms with Crippen molar-refractivity contribution in [3.63, 3.8) is 0 Å². The lowest BCUT2D eigenvalue weighted by Gasteiger charge is -2.32. The van der Waals surface area contributed by atoms with Gasteiger partial charge < -0.3 is 20.5 Å². The van der Waals surface area contributed by atoms with Gasteiger partial charge in [-0.25, -0.2) is 0 Å². The highest BCUT2D eigenvalue weighted by Crippen LogP contribution is 2.13. The van der Waals surface area contributed by atoms with Crippen molar-refractivity contribution in [3.05, 3.63) is 35.9 Å². The lowest BCUT2D eigenvalue weighted by atomic mass is 10.1. The van der Waals surface area contributed by atoms with Crippen LogP contribution in [0.1, 0.15) is 12.0 Å². The van der Waals surface area contributed by atoms with Gasteiger partial charge in [-0.05, 0) is 5.56 Å². The molecule has 132 valence electrons. The number of morpholine rings is 1. The van der Waals surface area contributed by atoms with Crippen molar-refractivity contribution < 1.29 is 14.6 Å². The van der Waals surface area contributed by atoms with Crippen molar-refractivity contribution in [1.29, 1.82) is 0 Å². The third-order valence-electron chi connectivity index (χ3n) is 4.75. The second kappa shape index (κ2) is 8.58. The van der Waals surface area contributed by atoms with Gasteiger partial charge in [-0.2, -0.15) is 0 Å². The Hall–Kier alpha value is -1.47. The van der Waals surface area contributed by atoms with E-state index in [0.717, 1.165) is 26.2 Å². The number of nitrogens with one attached hydrogen (secondary N) is 2. The monoisotopic (exact) mass is 333 g/mol. The molecule has 1 amide bonds. The van der Waals surface area contributed by atoms with Crippen molar-refractivity contribution in [2.75, 3.05) is 39.3 Å². The van der Waals surface area contributed by atoms with Crippen molar-refractivity contribution in [2.24, 2.45) is 5.92 Å². The molecule has 3 N–H and O–H groups in total. The highest BCUT2D eigenvalue weighted by molar-refractivity contribution is 5.76. The van der Waals surface area contributed by atoms with E-state index in [-0.39, 0.29) is 24.0 Å². The van der Waals surface area contributed by atoms with E-state index in [1.54, 1.807) is 0 Å². The number of aliphatic hydroxyl groups excluding tert-OH is 1. The third-order valence-corrected chi connectivity index (χ3v) is 4.75. The average molecular weight is 333 g/mol. The molecule has 3 rings (SSSR count). The molecule has 6 heteroatoms. The Balaban J connectivity index is 1.40. The Morgan fingerprint density at radius 1 is 1.33 bits per heavy atom. The van der Waals surface area contributed by atoms with E-state index in [9.17, 15) is 9.90 Å². The first kappa shape index (κ1) is 17.4. The Labute approximate surface area is 143 Å². The molecular weight excluding hydrogens is 306 g/mol. The summed E-state index contributed by atoms with van der Waals surface area (Å²) in [4.78, 5) is 14.5. The first-order valence-electron chi connectivity index (χ1n) is 8.74. The molecule has 2 aliphatic heterocycles. The van der Waals surface area contributed by atoms with Crippen molar-refractivity contribution in [2.45, 2.75) is 25.2 Å². The maximum absolute atomic E-state index is 12.1. The number of carbonyl (C=O) groups is 1. The van der Waals surface area contributed by atoms with Gasteiger partial charge in [-0.15, -0.1) is 0 Å². The summed E-state index contributed by atoms with van der Waals surface area (Å²) in [5.41, 5.74) is 1.28. The maximum Gasteiger partial charge on any atom is 0.222 e. The van der Waals surface area contributed by atoms with Gasteiger partial charge in [0.25, 0.3) is 0 Å². The van der Waals surface area contributed by atoms with Crippen LogP contribution in [0, 0.1) is 5.92 Å². The zero-order valence-electron chi connectivity index (χ0n) is 14.0. The van der Waals surface area contributed by atoms with Crippen LogP contribution in [-0.4, -0.2) is 67.5 Å². The number of hydrogen-bond acceptors (Lipinski definition) is 5. The highest BCUT2D eigenvalue weighted by atomic mass is 16.5. The van der Waals surface area contributed by atoms with E-state index >= 15 is 0 Å². The fourth-order valence-electron chi connectivity index (χ4n) is 3.34. The van der Waals surface area contributed by atoms with E-state index in [1.807, 2.05) is 18.2 Å². The summed E-state index contributed by atoms with van der Waals surface area (Å²) >= 11 is 0. The molecule has 2 fully saturated rings. The Morgan fingerprint density at radius 3 is 2.92 bits per heavy atom. The van der Waals surface area contributed by atoms with Crippen molar-refractivity contribution in [1.82, 2.24) is 15.5 Å². The van der Waals surface area contributed by atoms with E-state index in [1.165, 1.54) is 5.56 Å². The van der Waals surface area contributed by atoms with Crippen LogP contribution >= 0.6 is 0 Å². The van der Waals surface area contributed by atoms with Crippen molar-refractivity contribution in [3.8, 4) is 0 Å². The highest BCUT2D eigenvalue weighted by Gasteiger charge is 2.26. The molecule has 0 aromatic heterocycles. The fraction of sp³-hybridized carbons (Fsp3) is 0.611. The van der Waals surface area contributed by atoms with Gasteiger partial charge in [-0.1, -0.05) is 30.3 Å². The molecular formula is C18H27N3O3. The Morgan fingerprint density at radius 2 is 2.17 bits per heavy atom. The van der Waals surface area contributed by atoms with E-state index in [4.69, 9.17) is 4.74 Å². The number of amides is 1. The van der Waals surface area contributed by atoms with Crippen LogP contribution in [0.25, 0.3) is 0 Å². The van der Waals surface area contributed by atoms with Gasteiger partial charge in [0, 0.05) is 45.2 Å². The Kier molecular flexibility index (Phi) is 6.20. The minimum Gasteiger partial charge on any atom is -0.391 e. The number of carbonyl (C=O) groups excluding carboxylic acids is 1. The van der Waals surface area contributed by atoms with Crippen LogP contribution in [0.3, 0.4) is 0 Å². The maximum atomic E-state index is 12.1. The van der Waals surface area contributed by atoms with Gasteiger partial charge in [0.15, 0.2) is 0 Å². The SMILES string of the molecule is O=C(CC1CN(Cc2ccccc2)CCO1)NCC1CNCC1O. The molecule has 6 nitrogen and oxygen atoms in total. The number of nitrogens with zero attached hydrogens (tertiary/aromatic N) is 1. The lowest BCUT2D eigenvalue weighted by molar-refractivity contribution is -0.126. The summed E-state index contributed by atoms with van der Waals surface area (Å²) in [6.07, 6.45) is -0.0478. The second-order valence-corrected chi connectivity index (χ2v) is 6.71. The molecule has 0 bridgehead atoms. The Bertz CT molecular complexity index is 526. The van der Waals surface area contributed by atoms with Gasteiger partial charge in [0.1, 0.15) is 0 Å². The predicted molar refractivity (Wildman–Crippen MR) is 91.5 cm³/mol. The molecule has 1 aromatic carbocycles. The molecule has 2 aliphatic rings. The van der Waals surface area contributed by atoms with Gasteiger partial charge in [-0.3, -0.25) is 9.69 Å². The normalized spacial score (nSPS) is 28.0. The second-order valence-electron chi connectivity index (χ2n) is 6.71. The van der Waals surface area contributed by atoms with Crippen LogP contribution in [0.15, 0.2) is 30.3 Å². The summed E-state index contributed by atoms with van der Waals surface area (Å²) in [6.45, 7) is 5.11. The standard InChI is InChI=1S/C18H27N3O3/c22-17-11-19-9-15(17)10-20-18(23)8-16-13-21(6-7-24-16)12-14-4-2-1-3-5-14/h1-5,15-17,19,22H,6-13H2,(H,20,23). The minimum atomic E-state index is -0.363. The molecule has 1 aromatic rings. The van der Waals surface area contributed by atoms with E-state index < -0.39 is 0 Å². The van der Waals surface area contributed by atoms with E-state index in [0.29, 0.717) is 26.1 Å². The fourth-order valence-corrected chi connectivity index (χ4v) is 3.34. The topological polar surface area (TPSA) is 73.8 Å². The molecule has 2 heterocycles. The number of rotatable bonds is 6. The predicted octanol–water partition coefficient (Wildman–Crippen LogP) is -0.0260. The summed E-state index contributed by atoms with van der Waals surface area (Å²) in [5, 5.41) is 15.8. The van der Waals surface area contributed by atoms with Gasteiger partial charge in [0.05, 0.1) is 25.2 Å². The number of hydrogen-bond donors (Lipinski definition) is 3. The summed E-state index contributed by atoms with van der Waals surface area (Å²) in [6, 6.07) is 10.4. The quantitative estimate of drug-likeness (QED) is 0.682. The first-order chi connectivity index (χ1) is 11.7. The first-order valence-corrected chi connectivity index (χ1v) is 8.74. The lowest BCUT2D eigenvalue weighted by Crippen LogP contribution is -2.44. The molecule has 3 atom stereocenters. The number of ether oxygens (including phenoxy) is 1. The zero-order chi connectivity index (χ0) is 16.8. The molecule has 0 spiro atoms. The smallest absolute Gasteiger partial charge is 0.222 e.